The fourth-order valence-electron chi connectivity index (χ4n) is 3.76. The van der Waals surface area contributed by atoms with Gasteiger partial charge in [-0.1, -0.05) is 12.1 Å². The molecule has 164 valence electrons. The highest BCUT2D eigenvalue weighted by Gasteiger charge is 2.18. The number of carbonyl (C=O) groups is 1. The number of aryl methyl sites for hydroxylation is 1. The van der Waals surface area contributed by atoms with E-state index in [1.54, 1.807) is 42.9 Å². The summed E-state index contributed by atoms with van der Waals surface area (Å²) in [5.74, 6) is 0.113. The molecule has 0 aliphatic rings. The highest BCUT2D eigenvalue weighted by molar-refractivity contribution is 5.96. The molecule has 0 spiro atoms. The number of rotatable bonds is 5. The Kier molecular flexibility index (Phi) is 5.06. The Bertz CT molecular complexity index is 1600. The summed E-state index contributed by atoms with van der Waals surface area (Å²) in [6.45, 7) is 2.27. The third-order valence-electron chi connectivity index (χ3n) is 5.45. The van der Waals surface area contributed by atoms with E-state index in [1.165, 1.54) is 21.3 Å². The minimum absolute atomic E-state index is 0.0626. The summed E-state index contributed by atoms with van der Waals surface area (Å²) in [5.41, 5.74) is 2.16. The maximum absolute atomic E-state index is 13.3. The Hall–Kier alpha value is -4.53. The van der Waals surface area contributed by atoms with E-state index >= 15 is 0 Å². The smallest absolute Gasteiger partial charge is 0.267 e. The molecule has 0 fully saturated rings. The van der Waals surface area contributed by atoms with Crippen LogP contribution in [0.15, 0.2) is 76.5 Å². The van der Waals surface area contributed by atoms with E-state index in [0.717, 1.165) is 11.1 Å². The molecular formula is C24H20N6O3. The molecule has 5 rings (SSSR count). The minimum Gasteiger partial charge on any atom is -0.467 e. The van der Waals surface area contributed by atoms with E-state index in [1.807, 2.05) is 19.1 Å². The second kappa shape index (κ2) is 8.19. The van der Waals surface area contributed by atoms with Gasteiger partial charge in [-0.3, -0.25) is 24.4 Å². The van der Waals surface area contributed by atoms with Crippen LogP contribution in [0.4, 0.5) is 0 Å². The van der Waals surface area contributed by atoms with Crippen molar-refractivity contribution in [2.24, 2.45) is 0 Å². The average Bonchev–Trinajstić information content (AvgIpc) is 3.34. The Morgan fingerprint density at radius 3 is 2.82 bits per heavy atom. The van der Waals surface area contributed by atoms with Crippen molar-refractivity contribution in [3.05, 3.63) is 106 Å². The molecule has 0 radical (unpaired) electrons. The fraction of sp³-hybridized carbons (Fsp3) is 0.125. The van der Waals surface area contributed by atoms with Crippen LogP contribution in [0.25, 0.3) is 16.7 Å². The number of carbonyl (C=O) groups excluding carboxylic acids is 1. The number of pyridine rings is 3. The van der Waals surface area contributed by atoms with Gasteiger partial charge in [-0.05, 0) is 48.4 Å². The highest BCUT2D eigenvalue weighted by atomic mass is 16.3. The topological polar surface area (TPSA) is 118 Å². The van der Waals surface area contributed by atoms with Crippen molar-refractivity contribution < 1.29 is 9.21 Å². The summed E-state index contributed by atoms with van der Waals surface area (Å²) >= 11 is 0. The van der Waals surface area contributed by atoms with Gasteiger partial charge >= 0.3 is 0 Å². The van der Waals surface area contributed by atoms with E-state index in [0.29, 0.717) is 17.1 Å². The van der Waals surface area contributed by atoms with Gasteiger partial charge in [-0.15, -0.1) is 0 Å². The standard InChI is InChI=1S/C24H20N6O3/c1-15-5-3-9-29-21(15)28-22-19(24(29)32)11-18(20(25)30(22)14-17-7-4-10-33-17)23(31)27-13-16-6-2-8-26-12-16/h2-12,25H,13-14H2,1H3,(H,27,31). The van der Waals surface area contributed by atoms with Crippen LogP contribution in [-0.2, 0) is 13.1 Å². The van der Waals surface area contributed by atoms with Crippen molar-refractivity contribution in [2.45, 2.75) is 20.0 Å². The molecule has 0 aromatic carbocycles. The summed E-state index contributed by atoms with van der Waals surface area (Å²) in [6, 6.07) is 12.2. The number of amides is 1. The number of hydrogen-bond acceptors (Lipinski definition) is 6. The highest BCUT2D eigenvalue weighted by Crippen LogP contribution is 2.14. The number of nitrogens with one attached hydrogen (secondary N) is 2. The molecule has 5 aromatic heterocycles. The predicted octanol–water partition coefficient (Wildman–Crippen LogP) is 2.40. The molecule has 0 aliphatic carbocycles. The van der Waals surface area contributed by atoms with E-state index in [-0.39, 0.29) is 35.1 Å². The molecule has 0 saturated carbocycles. The van der Waals surface area contributed by atoms with Gasteiger partial charge in [-0.2, -0.15) is 0 Å². The van der Waals surface area contributed by atoms with Gasteiger partial charge in [0.05, 0.1) is 23.8 Å². The molecular weight excluding hydrogens is 420 g/mol. The fourth-order valence-corrected chi connectivity index (χ4v) is 3.76. The number of aromatic nitrogens is 4. The second-order valence-electron chi connectivity index (χ2n) is 7.66. The summed E-state index contributed by atoms with van der Waals surface area (Å²) in [5, 5.41) is 11.8. The molecule has 0 atom stereocenters. The molecule has 0 unspecified atom stereocenters. The Balaban J connectivity index is 1.70. The number of nitrogens with zero attached hydrogens (tertiary/aromatic N) is 4. The van der Waals surface area contributed by atoms with Gasteiger partial charge in [0.15, 0.2) is 0 Å². The quantitative estimate of drug-likeness (QED) is 0.407. The van der Waals surface area contributed by atoms with Crippen molar-refractivity contribution in [3.8, 4) is 0 Å². The molecule has 0 aliphatic heterocycles. The average molecular weight is 440 g/mol. The van der Waals surface area contributed by atoms with E-state index < -0.39 is 5.91 Å². The second-order valence-corrected chi connectivity index (χ2v) is 7.66. The first-order valence-electron chi connectivity index (χ1n) is 10.3. The van der Waals surface area contributed by atoms with Crippen molar-refractivity contribution in [1.82, 2.24) is 24.3 Å². The first kappa shape index (κ1) is 20.4. The molecule has 0 bridgehead atoms. The normalized spacial score (nSPS) is 11.2. The van der Waals surface area contributed by atoms with Gasteiger partial charge in [0.2, 0.25) is 0 Å². The van der Waals surface area contributed by atoms with Gasteiger partial charge < -0.3 is 14.3 Å². The van der Waals surface area contributed by atoms with E-state index in [4.69, 9.17) is 14.8 Å². The van der Waals surface area contributed by atoms with E-state index in [2.05, 4.69) is 10.3 Å². The Labute approximate surface area is 187 Å². The van der Waals surface area contributed by atoms with Gasteiger partial charge in [0, 0.05) is 25.1 Å². The lowest BCUT2D eigenvalue weighted by atomic mass is 10.1. The van der Waals surface area contributed by atoms with Crippen molar-refractivity contribution >= 4 is 22.6 Å². The van der Waals surface area contributed by atoms with Crippen LogP contribution in [0.1, 0.15) is 27.2 Å². The predicted molar refractivity (Wildman–Crippen MR) is 121 cm³/mol. The van der Waals surface area contributed by atoms with E-state index in [9.17, 15) is 9.59 Å². The Morgan fingerprint density at radius 1 is 1.18 bits per heavy atom. The van der Waals surface area contributed by atoms with Crippen molar-refractivity contribution in [2.75, 3.05) is 0 Å². The van der Waals surface area contributed by atoms with Crippen LogP contribution in [0.3, 0.4) is 0 Å². The van der Waals surface area contributed by atoms with Gasteiger partial charge in [0.25, 0.3) is 11.5 Å². The molecule has 9 heteroatoms. The summed E-state index contributed by atoms with van der Waals surface area (Å²) < 4.78 is 8.45. The minimum atomic E-state index is -0.465. The molecule has 5 aromatic rings. The van der Waals surface area contributed by atoms with Crippen LogP contribution >= 0.6 is 0 Å². The van der Waals surface area contributed by atoms with Crippen LogP contribution in [0.5, 0.6) is 0 Å². The van der Waals surface area contributed by atoms with Crippen molar-refractivity contribution in [3.63, 3.8) is 0 Å². The van der Waals surface area contributed by atoms with Crippen LogP contribution < -0.4 is 16.4 Å². The largest absolute Gasteiger partial charge is 0.467 e. The first-order valence-corrected chi connectivity index (χ1v) is 10.3. The number of fused-ring (bicyclic) bond motifs is 2. The molecule has 0 saturated heterocycles. The lowest BCUT2D eigenvalue weighted by Crippen LogP contribution is -2.35. The third kappa shape index (κ3) is 3.69. The van der Waals surface area contributed by atoms with Crippen LogP contribution in [0, 0.1) is 12.3 Å². The number of furan rings is 1. The summed E-state index contributed by atoms with van der Waals surface area (Å²) in [6.07, 6.45) is 6.49. The number of hydrogen-bond donors (Lipinski definition) is 2. The zero-order valence-corrected chi connectivity index (χ0v) is 17.8. The van der Waals surface area contributed by atoms with Crippen LogP contribution in [0.2, 0.25) is 0 Å². The molecule has 5 heterocycles. The van der Waals surface area contributed by atoms with Gasteiger partial charge in [0.1, 0.15) is 22.5 Å². The van der Waals surface area contributed by atoms with Crippen LogP contribution in [-0.4, -0.2) is 24.8 Å². The first-order chi connectivity index (χ1) is 16.0. The zero-order valence-electron chi connectivity index (χ0n) is 17.8. The summed E-state index contributed by atoms with van der Waals surface area (Å²) in [7, 11) is 0. The molecule has 9 nitrogen and oxygen atoms in total. The Morgan fingerprint density at radius 2 is 2.06 bits per heavy atom. The molecule has 2 N–H and O–H groups in total. The monoisotopic (exact) mass is 440 g/mol. The molecule has 1 amide bonds. The zero-order chi connectivity index (χ0) is 22.9. The SMILES string of the molecule is Cc1cccn2c(=O)c3cc(C(=O)NCc4cccnc4)c(=N)n(Cc4ccco4)c3nc12. The maximum atomic E-state index is 13.3. The third-order valence-corrected chi connectivity index (χ3v) is 5.45. The molecule has 33 heavy (non-hydrogen) atoms. The lowest BCUT2D eigenvalue weighted by Gasteiger charge is -2.14. The van der Waals surface area contributed by atoms with Crippen molar-refractivity contribution in [1.29, 1.82) is 5.41 Å². The van der Waals surface area contributed by atoms with Gasteiger partial charge in [-0.25, -0.2) is 4.98 Å². The maximum Gasteiger partial charge on any atom is 0.267 e. The summed E-state index contributed by atoms with van der Waals surface area (Å²) in [4.78, 5) is 35.1. The lowest BCUT2D eigenvalue weighted by molar-refractivity contribution is 0.0948.